The van der Waals surface area contributed by atoms with Crippen LogP contribution in [0.2, 0.25) is 5.02 Å². The second kappa shape index (κ2) is 11.0. The van der Waals surface area contributed by atoms with E-state index in [0.29, 0.717) is 29.4 Å². The van der Waals surface area contributed by atoms with E-state index >= 15 is 0 Å². The molecule has 2 aromatic carbocycles. The van der Waals surface area contributed by atoms with Crippen molar-refractivity contribution in [3.63, 3.8) is 0 Å². The van der Waals surface area contributed by atoms with Crippen molar-refractivity contribution in [1.82, 2.24) is 15.3 Å². The van der Waals surface area contributed by atoms with Gasteiger partial charge in [-0.1, -0.05) is 54.1 Å². The van der Waals surface area contributed by atoms with Crippen molar-refractivity contribution in [3.05, 3.63) is 82.5 Å². The predicted molar refractivity (Wildman–Crippen MR) is 142 cm³/mol. The van der Waals surface area contributed by atoms with Crippen LogP contribution in [0.4, 0.5) is 11.8 Å². The molecule has 37 heavy (non-hydrogen) atoms. The first-order chi connectivity index (χ1) is 18.0. The van der Waals surface area contributed by atoms with Gasteiger partial charge in [0.2, 0.25) is 5.95 Å². The van der Waals surface area contributed by atoms with E-state index in [4.69, 9.17) is 21.7 Å². The number of methoxy groups -OCH3 is 1. The standard InChI is InChI=1S/C27H27ClN6O3/c1-37-23(35)15-29-26(36)21-14-30-27(31-20-8-5-9-20)32-25(21)34-16-22(17-6-3-2-4-7-17)24(33-34)18-10-12-19(28)13-11-18/h2-4,6-7,10-14,20,22H,5,8-9,15-16H2,1H3,(H,29,36)(H,30,31,32). The molecule has 5 rings (SSSR count). The fourth-order valence-electron chi connectivity index (χ4n) is 4.32. The third-order valence-electron chi connectivity index (χ3n) is 6.57. The average Bonchev–Trinajstić information content (AvgIpc) is 3.35. The molecule has 1 amide bonds. The Balaban J connectivity index is 1.53. The van der Waals surface area contributed by atoms with Crippen molar-refractivity contribution in [3.8, 4) is 0 Å². The number of nitrogens with one attached hydrogen (secondary N) is 2. The molecule has 1 aliphatic heterocycles. The smallest absolute Gasteiger partial charge is 0.325 e. The summed E-state index contributed by atoms with van der Waals surface area (Å²) in [6.45, 7) is 0.210. The maximum absolute atomic E-state index is 13.1. The van der Waals surface area contributed by atoms with Gasteiger partial charge in [-0.25, -0.2) is 9.99 Å². The Hall–Kier alpha value is -3.98. The summed E-state index contributed by atoms with van der Waals surface area (Å²) in [5.74, 6) is -0.291. The Morgan fingerprint density at radius 3 is 2.54 bits per heavy atom. The minimum absolute atomic E-state index is 0.0636. The van der Waals surface area contributed by atoms with Crippen molar-refractivity contribution < 1.29 is 14.3 Å². The summed E-state index contributed by atoms with van der Waals surface area (Å²) < 4.78 is 4.65. The van der Waals surface area contributed by atoms with Crippen LogP contribution in [0, 0.1) is 0 Å². The number of amides is 1. The maximum atomic E-state index is 13.1. The maximum Gasteiger partial charge on any atom is 0.325 e. The summed E-state index contributed by atoms with van der Waals surface area (Å²) in [4.78, 5) is 33.8. The van der Waals surface area contributed by atoms with Gasteiger partial charge in [0.1, 0.15) is 12.1 Å². The fourth-order valence-corrected chi connectivity index (χ4v) is 4.44. The van der Waals surface area contributed by atoms with E-state index in [9.17, 15) is 9.59 Å². The van der Waals surface area contributed by atoms with Gasteiger partial charge in [0.05, 0.1) is 19.4 Å². The number of anilines is 2. The van der Waals surface area contributed by atoms with Crippen LogP contribution in [0.15, 0.2) is 65.9 Å². The van der Waals surface area contributed by atoms with E-state index < -0.39 is 11.9 Å². The summed E-state index contributed by atoms with van der Waals surface area (Å²) in [6, 6.07) is 18.0. The van der Waals surface area contributed by atoms with Crippen LogP contribution in [-0.2, 0) is 9.53 Å². The Morgan fingerprint density at radius 1 is 1.11 bits per heavy atom. The van der Waals surface area contributed by atoms with Crippen LogP contribution in [0.25, 0.3) is 0 Å². The molecule has 1 unspecified atom stereocenters. The molecule has 1 atom stereocenters. The molecular weight excluding hydrogens is 492 g/mol. The SMILES string of the molecule is COC(=O)CNC(=O)c1cnc(NC2CCC2)nc1N1CC(c2ccccc2)C(c2ccc(Cl)cc2)=N1. The number of esters is 1. The van der Waals surface area contributed by atoms with E-state index in [2.05, 4.69) is 32.5 Å². The van der Waals surface area contributed by atoms with Gasteiger partial charge < -0.3 is 15.4 Å². The molecule has 1 aliphatic carbocycles. The highest BCUT2D eigenvalue weighted by Crippen LogP contribution is 2.33. The third kappa shape index (κ3) is 5.56. The molecule has 10 heteroatoms. The van der Waals surface area contributed by atoms with Crippen LogP contribution in [-0.4, -0.2) is 53.8 Å². The monoisotopic (exact) mass is 518 g/mol. The molecule has 190 valence electrons. The average molecular weight is 519 g/mol. The number of nitrogens with zero attached hydrogens (tertiary/aromatic N) is 4. The quantitative estimate of drug-likeness (QED) is 0.434. The molecular formula is C27H27ClN6O3. The number of benzene rings is 2. The second-order valence-electron chi connectivity index (χ2n) is 9.00. The zero-order chi connectivity index (χ0) is 25.8. The lowest BCUT2D eigenvalue weighted by atomic mass is 9.90. The largest absolute Gasteiger partial charge is 0.468 e. The molecule has 2 aliphatic rings. The third-order valence-corrected chi connectivity index (χ3v) is 6.83. The van der Waals surface area contributed by atoms with Gasteiger partial charge in [0.15, 0.2) is 5.82 Å². The molecule has 0 radical (unpaired) electrons. The first-order valence-corrected chi connectivity index (χ1v) is 12.5. The number of halogens is 1. The molecule has 0 spiro atoms. The number of hydrogen-bond acceptors (Lipinski definition) is 8. The molecule has 0 bridgehead atoms. The Kier molecular flexibility index (Phi) is 7.32. The van der Waals surface area contributed by atoms with Gasteiger partial charge in [0, 0.05) is 23.2 Å². The first kappa shape index (κ1) is 24.7. The summed E-state index contributed by atoms with van der Waals surface area (Å²) in [6.07, 6.45) is 4.75. The van der Waals surface area contributed by atoms with Crippen LogP contribution >= 0.6 is 11.6 Å². The summed E-state index contributed by atoms with van der Waals surface area (Å²) in [5.41, 5.74) is 3.09. The molecule has 0 saturated heterocycles. The zero-order valence-electron chi connectivity index (χ0n) is 20.4. The van der Waals surface area contributed by atoms with E-state index in [-0.39, 0.29) is 18.0 Å². The van der Waals surface area contributed by atoms with Crippen molar-refractivity contribution >= 4 is 41.0 Å². The number of carbonyl (C=O) groups is 2. The summed E-state index contributed by atoms with van der Waals surface area (Å²) in [5, 5.41) is 13.2. The van der Waals surface area contributed by atoms with Crippen LogP contribution < -0.4 is 15.6 Å². The van der Waals surface area contributed by atoms with Gasteiger partial charge in [-0.2, -0.15) is 10.1 Å². The van der Waals surface area contributed by atoms with E-state index in [1.165, 1.54) is 13.3 Å². The number of carbonyl (C=O) groups excluding carboxylic acids is 2. The molecule has 9 nitrogen and oxygen atoms in total. The minimum Gasteiger partial charge on any atom is -0.468 e. The Labute approximate surface area is 219 Å². The second-order valence-corrected chi connectivity index (χ2v) is 9.44. The summed E-state index contributed by atoms with van der Waals surface area (Å²) in [7, 11) is 1.27. The molecule has 1 aromatic heterocycles. The topological polar surface area (TPSA) is 109 Å². The lowest BCUT2D eigenvalue weighted by Gasteiger charge is -2.27. The zero-order valence-corrected chi connectivity index (χ0v) is 21.1. The number of hydrazone groups is 1. The lowest BCUT2D eigenvalue weighted by Crippen LogP contribution is -2.33. The summed E-state index contributed by atoms with van der Waals surface area (Å²) >= 11 is 6.14. The molecule has 2 heterocycles. The number of rotatable bonds is 8. The fraction of sp³-hybridized carbons (Fsp3) is 0.296. The van der Waals surface area contributed by atoms with Crippen molar-refractivity contribution in [2.24, 2.45) is 5.10 Å². The van der Waals surface area contributed by atoms with Crippen molar-refractivity contribution in [2.75, 3.05) is 30.5 Å². The molecule has 1 fully saturated rings. The van der Waals surface area contributed by atoms with E-state index in [1.54, 1.807) is 5.01 Å². The number of hydrogen-bond donors (Lipinski definition) is 2. The normalized spacial score (nSPS) is 17.1. The molecule has 2 N–H and O–H groups in total. The van der Waals surface area contributed by atoms with Gasteiger partial charge in [-0.05, 0) is 42.5 Å². The van der Waals surface area contributed by atoms with Crippen LogP contribution in [0.1, 0.15) is 46.7 Å². The van der Waals surface area contributed by atoms with Gasteiger partial charge in [-0.3, -0.25) is 9.59 Å². The van der Waals surface area contributed by atoms with Crippen molar-refractivity contribution in [1.29, 1.82) is 0 Å². The van der Waals surface area contributed by atoms with E-state index in [0.717, 1.165) is 36.1 Å². The van der Waals surface area contributed by atoms with Crippen LogP contribution in [0.5, 0.6) is 0 Å². The Morgan fingerprint density at radius 2 is 1.86 bits per heavy atom. The van der Waals surface area contributed by atoms with Gasteiger partial charge in [0.25, 0.3) is 5.91 Å². The van der Waals surface area contributed by atoms with E-state index in [1.807, 2.05) is 42.5 Å². The number of ether oxygens (including phenoxy) is 1. The first-order valence-electron chi connectivity index (χ1n) is 12.2. The number of aromatic nitrogens is 2. The van der Waals surface area contributed by atoms with Crippen LogP contribution in [0.3, 0.4) is 0 Å². The lowest BCUT2D eigenvalue weighted by molar-refractivity contribution is -0.139. The highest BCUT2D eigenvalue weighted by Gasteiger charge is 2.33. The Bertz CT molecular complexity index is 1310. The van der Waals surface area contributed by atoms with Gasteiger partial charge >= 0.3 is 5.97 Å². The highest BCUT2D eigenvalue weighted by molar-refractivity contribution is 6.30. The minimum atomic E-state index is -0.549. The molecule has 3 aromatic rings. The molecule has 1 saturated carbocycles. The predicted octanol–water partition coefficient (Wildman–Crippen LogP) is 4.01. The van der Waals surface area contributed by atoms with Crippen molar-refractivity contribution in [2.45, 2.75) is 31.2 Å². The highest BCUT2D eigenvalue weighted by atomic mass is 35.5. The van der Waals surface area contributed by atoms with Gasteiger partial charge in [-0.15, -0.1) is 0 Å².